The first-order valence-electron chi connectivity index (χ1n) is 6.67. The van der Waals surface area contributed by atoms with Crippen molar-refractivity contribution in [2.45, 2.75) is 5.03 Å². The van der Waals surface area contributed by atoms with Gasteiger partial charge in [-0.05, 0) is 24.3 Å². The molecule has 8 heteroatoms. The van der Waals surface area contributed by atoms with E-state index in [4.69, 9.17) is 0 Å². The number of fused-ring (bicyclic) bond motifs is 1. The molecule has 0 saturated heterocycles. The summed E-state index contributed by atoms with van der Waals surface area (Å²) >= 11 is 1.30. The van der Waals surface area contributed by atoms with E-state index >= 15 is 0 Å². The lowest BCUT2D eigenvalue weighted by Gasteiger charge is -2.27. The average Bonchev–Trinajstić information content (AvgIpc) is 2.53. The van der Waals surface area contributed by atoms with Crippen LogP contribution in [0, 0.1) is 11.6 Å². The highest BCUT2D eigenvalue weighted by Gasteiger charge is 2.27. The zero-order valence-corrected chi connectivity index (χ0v) is 12.6. The van der Waals surface area contributed by atoms with E-state index in [0.717, 1.165) is 12.1 Å². The minimum absolute atomic E-state index is 0.137. The van der Waals surface area contributed by atoms with Crippen LogP contribution >= 0.6 is 11.8 Å². The number of amides is 2. The van der Waals surface area contributed by atoms with Crippen LogP contribution in [0.4, 0.5) is 20.2 Å². The number of rotatable bonds is 3. The summed E-state index contributed by atoms with van der Waals surface area (Å²) in [6.07, 6.45) is 1.60. The number of hydrogen-bond donors (Lipinski definition) is 1. The second-order valence-corrected chi connectivity index (χ2v) is 5.73. The van der Waals surface area contributed by atoms with E-state index in [0.29, 0.717) is 16.8 Å². The predicted molar refractivity (Wildman–Crippen MR) is 82.3 cm³/mol. The van der Waals surface area contributed by atoms with Gasteiger partial charge in [0, 0.05) is 12.3 Å². The molecule has 1 aliphatic heterocycles. The molecule has 1 N–H and O–H groups in total. The van der Waals surface area contributed by atoms with Crippen LogP contribution < -0.4 is 10.2 Å². The molecule has 5 nitrogen and oxygen atoms in total. The lowest BCUT2D eigenvalue weighted by atomic mass is 10.3. The van der Waals surface area contributed by atoms with E-state index in [1.807, 2.05) is 0 Å². The first-order chi connectivity index (χ1) is 11.0. The first-order valence-corrected chi connectivity index (χ1v) is 7.66. The maximum absolute atomic E-state index is 13.6. The Hall–Kier alpha value is -2.48. The Bertz CT molecular complexity index is 785. The van der Waals surface area contributed by atoms with Crippen molar-refractivity contribution in [2.75, 3.05) is 22.5 Å². The van der Waals surface area contributed by atoms with Gasteiger partial charge in [0.1, 0.15) is 23.2 Å². The van der Waals surface area contributed by atoms with Gasteiger partial charge in [-0.15, -0.1) is 0 Å². The third-order valence-electron chi connectivity index (χ3n) is 3.18. The van der Waals surface area contributed by atoms with Crippen LogP contribution in [0.15, 0.2) is 41.6 Å². The number of pyridine rings is 1. The Kier molecular flexibility index (Phi) is 4.24. The van der Waals surface area contributed by atoms with Gasteiger partial charge in [-0.1, -0.05) is 11.8 Å². The third kappa shape index (κ3) is 3.31. The second kappa shape index (κ2) is 6.33. The molecule has 2 aromatic rings. The number of carbonyl (C=O) groups excluding carboxylic acids is 2. The lowest BCUT2D eigenvalue weighted by Crippen LogP contribution is -2.41. The van der Waals surface area contributed by atoms with Crippen LogP contribution in [0.25, 0.3) is 0 Å². The van der Waals surface area contributed by atoms with Crippen LogP contribution in [-0.2, 0) is 9.59 Å². The van der Waals surface area contributed by atoms with Crippen LogP contribution in [-0.4, -0.2) is 29.1 Å². The Morgan fingerprint density at radius 1 is 1.35 bits per heavy atom. The molecule has 1 aliphatic rings. The zero-order chi connectivity index (χ0) is 16.4. The van der Waals surface area contributed by atoms with Crippen LogP contribution in [0.5, 0.6) is 0 Å². The fraction of sp³-hybridized carbons (Fsp3) is 0.133. The van der Waals surface area contributed by atoms with Crippen molar-refractivity contribution >= 4 is 35.0 Å². The number of anilines is 2. The molecule has 2 amide bonds. The number of benzene rings is 1. The minimum atomic E-state index is -0.874. The molecular weight excluding hydrogens is 324 g/mol. The monoisotopic (exact) mass is 335 g/mol. The Morgan fingerprint density at radius 3 is 2.96 bits per heavy atom. The minimum Gasteiger partial charge on any atom is -0.322 e. The number of carbonyl (C=O) groups is 2. The number of aromatic nitrogens is 1. The Labute approximate surface area is 134 Å². The summed E-state index contributed by atoms with van der Waals surface area (Å²) in [5.41, 5.74) is 0.408. The fourth-order valence-electron chi connectivity index (χ4n) is 2.14. The molecular formula is C15H11F2N3O2S. The molecule has 0 aliphatic carbocycles. The molecule has 3 rings (SSSR count). The highest BCUT2D eigenvalue weighted by atomic mass is 32.2. The highest BCUT2D eigenvalue weighted by molar-refractivity contribution is 8.00. The van der Waals surface area contributed by atoms with Crippen LogP contribution in [0.1, 0.15) is 0 Å². The van der Waals surface area contributed by atoms with Gasteiger partial charge >= 0.3 is 0 Å². The molecule has 0 radical (unpaired) electrons. The maximum Gasteiger partial charge on any atom is 0.244 e. The summed E-state index contributed by atoms with van der Waals surface area (Å²) in [6.45, 7) is -0.269. The molecule has 118 valence electrons. The number of nitrogens with one attached hydrogen (secondary N) is 1. The first kappa shape index (κ1) is 15.4. The topological polar surface area (TPSA) is 62.3 Å². The molecule has 0 saturated carbocycles. The van der Waals surface area contributed by atoms with E-state index in [-0.39, 0.29) is 23.9 Å². The molecule has 1 aromatic heterocycles. The van der Waals surface area contributed by atoms with Gasteiger partial charge < -0.3 is 5.32 Å². The van der Waals surface area contributed by atoms with Crippen molar-refractivity contribution < 1.29 is 18.4 Å². The predicted octanol–water partition coefficient (Wildman–Crippen LogP) is 2.44. The molecule has 2 heterocycles. The zero-order valence-electron chi connectivity index (χ0n) is 11.8. The smallest absolute Gasteiger partial charge is 0.244 e. The van der Waals surface area contributed by atoms with E-state index in [2.05, 4.69) is 10.3 Å². The van der Waals surface area contributed by atoms with Gasteiger partial charge in [0.15, 0.2) is 0 Å². The summed E-state index contributed by atoms with van der Waals surface area (Å²) < 4.78 is 26.4. The Morgan fingerprint density at radius 2 is 2.17 bits per heavy atom. The second-order valence-electron chi connectivity index (χ2n) is 4.77. The van der Waals surface area contributed by atoms with E-state index in [1.54, 1.807) is 18.3 Å². The number of thioether (sulfide) groups is 1. The third-order valence-corrected chi connectivity index (χ3v) is 4.16. The summed E-state index contributed by atoms with van der Waals surface area (Å²) in [4.78, 5) is 29.6. The van der Waals surface area contributed by atoms with Crippen molar-refractivity contribution in [2.24, 2.45) is 0 Å². The largest absolute Gasteiger partial charge is 0.322 e. The van der Waals surface area contributed by atoms with Gasteiger partial charge in [-0.3, -0.25) is 14.5 Å². The van der Waals surface area contributed by atoms with Gasteiger partial charge in [0.25, 0.3) is 0 Å². The van der Waals surface area contributed by atoms with E-state index in [1.165, 1.54) is 16.7 Å². The molecule has 1 aromatic carbocycles. The molecule has 0 spiro atoms. The van der Waals surface area contributed by atoms with Crippen LogP contribution in [0.2, 0.25) is 0 Å². The Balaban J connectivity index is 1.76. The molecule has 0 unspecified atom stereocenters. The van der Waals surface area contributed by atoms with Crippen molar-refractivity contribution in [1.82, 2.24) is 4.98 Å². The van der Waals surface area contributed by atoms with Crippen molar-refractivity contribution in [1.29, 1.82) is 0 Å². The summed E-state index contributed by atoms with van der Waals surface area (Å²) in [5, 5.41) is 2.99. The molecule has 0 fully saturated rings. The lowest BCUT2D eigenvalue weighted by molar-refractivity contribution is -0.120. The molecule has 0 atom stereocenters. The highest BCUT2D eigenvalue weighted by Crippen LogP contribution is 2.32. The van der Waals surface area contributed by atoms with E-state index in [9.17, 15) is 18.4 Å². The quantitative estimate of drug-likeness (QED) is 0.936. The summed E-state index contributed by atoms with van der Waals surface area (Å²) in [6, 6.07) is 6.21. The molecule has 0 bridgehead atoms. The van der Waals surface area contributed by atoms with Crippen molar-refractivity contribution in [3.05, 3.63) is 48.2 Å². The van der Waals surface area contributed by atoms with Gasteiger partial charge in [-0.25, -0.2) is 13.8 Å². The standard InChI is InChI=1S/C15H11F2N3O2S/c16-9-3-4-11(10(17)6-9)19-13(21)7-20-12-2-1-5-18-15(12)23-8-14(20)22/h1-6H,7-8H2,(H,19,21). The fourth-order valence-corrected chi connectivity index (χ4v) is 3.02. The van der Waals surface area contributed by atoms with Crippen molar-refractivity contribution in [3.63, 3.8) is 0 Å². The molecule has 23 heavy (non-hydrogen) atoms. The number of nitrogens with zero attached hydrogens (tertiary/aromatic N) is 2. The van der Waals surface area contributed by atoms with E-state index < -0.39 is 17.5 Å². The van der Waals surface area contributed by atoms with Gasteiger partial charge in [0.2, 0.25) is 11.8 Å². The summed E-state index contributed by atoms with van der Waals surface area (Å²) in [7, 11) is 0. The normalized spacial score (nSPS) is 13.7. The SMILES string of the molecule is O=C(CN1C(=O)CSc2ncccc21)Nc1ccc(F)cc1F. The average molecular weight is 335 g/mol. The maximum atomic E-state index is 13.6. The van der Waals surface area contributed by atoms with Crippen LogP contribution in [0.3, 0.4) is 0 Å². The number of hydrogen-bond acceptors (Lipinski definition) is 4. The van der Waals surface area contributed by atoms with Gasteiger partial charge in [0.05, 0.1) is 17.1 Å². The number of halogens is 2. The summed E-state index contributed by atoms with van der Waals surface area (Å²) in [5.74, 6) is -2.23. The van der Waals surface area contributed by atoms with Crippen molar-refractivity contribution in [3.8, 4) is 0 Å². The van der Waals surface area contributed by atoms with Gasteiger partial charge in [-0.2, -0.15) is 0 Å².